The Bertz CT molecular complexity index is 864. The lowest BCUT2D eigenvalue weighted by Crippen LogP contribution is -2.24. The maximum Gasteiger partial charge on any atom is 0.234 e. The summed E-state index contributed by atoms with van der Waals surface area (Å²) < 4.78 is 32.8. The standard InChI is InChI=1S/C15H15ClN2O5S/c1-22-12-4-2-3-11(6-12)13-7-15(23-17-13)18-8-10(5-14(18)19)9-24(16,20)21/h2-4,6-7,10H,5,8-9H2,1H3. The highest BCUT2D eigenvalue weighted by atomic mass is 35.7. The predicted molar refractivity (Wildman–Crippen MR) is 88.6 cm³/mol. The zero-order valence-corrected chi connectivity index (χ0v) is 14.4. The number of nitrogens with zero attached hydrogens (tertiary/aromatic N) is 2. The van der Waals surface area contributed by atoms with Gasteiger partial charge in [-0.15, -0.1) is 0 Å². The van der Waals surface area contributed by atoms with E-state index in [9.17, 15) is 13.2 Å². The fourth-order valence-corrected chi connectivity index (χ4v) is 4.02. The number of ether oxygens (including phenoxy) is 1. The van der Waals surface area contributed by atoms with Crippen LogP contribution in [0.3, 0.4) is 0 Å². The number of halogens is 1. The summed E-state index contributed by atoms with van der Waals surface area (Å²) in [7, 11) is 3.18. The Morgan fingerprint density at radius 1 is 1.42 bits per heavy atom. The van der Waals surface area contributed by atoms with E-state index in [4.69, 9.17) is 19.9 Å². The molecule has 128 valence electrons. The zero-order valence-electron chi connectivity index (χ0n) is 12.8. The van der Waals surface area contributed by atoms with E-state index >= 15 is 0 Å². The quantitative estimate of drug-likeness (QED) is 0.750. The van der Waals surface area contributed by atoms with Gasteiger partial charge in [-0.05, 0) is 12.1 Å². The molecule has 1 unspecified atom stereocenters. The number of hydrogen-bond donors (Lipinski definition) is 0. The molecule has 24 heavy (non-hydrogen) atoms. The van der Waals surface area contributed by atoms with E-state index in [1.54, 1.807) is 19.2 Å². The number of benzene rings is 1. The molecular weight excluding hydrogens is 356 g/mol. The van der Waals surface area contributed by atoms with E-state index < -0.39 is 9.05 Å². The molecule has 0 saturated carbocycles. The van der Waals surface area contributed by atoms with Crippen molar-refractivity contribution in [3.63, 3.8) is 0 Å². The number of hydrogen-bond acceptors (Lipinski definition) is 6. The van der Waals surface area contributed by atoms with Crippen molar-refractivity contribution in [1.29, 1.82) is 0 Å². The minimum absolute atomic E-state index is 0.112. The third-order valence-corrected chi connectivity index (χ3v) is 5.02. The number of anilines is 1. The largest absolute Gasteiger partial charge is 0.497 e. The Balaban J connectivity index is 1.79. The first-order chi connectivity index (χ1) is 11.4. The van der Waals surface area contributed by atoms with Crippen molar-refractivity contribution in [1.82, 2.24) is 5.16 Å². The molecule has 2 aromatic rings. The number of amides is 1. The molecule has 0 spiro atoms. The SMILES string of the molecule is COc1cccc(-c2cc(N3CC(CS(=O)(=O)Cl)CC3=O)on2)c1. The van der Waals surface area contributed by atoms with Gasteiger partial charge in [0.2, 0.25) is 20.8 Å². The summed E-state index contributed by atoms with van der Waals surface area (Å²) in [5.41, 5.74) is 1.35. The topological polar surface area (TPSA) is 89.7 Å². The summed E-state index contributed by atoms with van der Waals surface area (Å²) in [6.07, 6.45) is 0.112. The molecule has 1 aromatic heterocycles. The Morgan fingerprint density at radius 3 is 2.92 bits per heavy atom. The van der Waals surface area contributed by atoms with Crippen molar-refractivity contribution in [2.75, 3.05) is 24.3 Å². The van der Waals surface area contributed by atoms with Gasteiger partial charge >= 0.3 is 0 Å². The lowest BCUT2D eigenvalue weighted by Gasteiger charge is -2.11. The summed E-state index contributed by atoms with van der Waals surface area (Å²) in [6, 6.07) is 8.93. The van der Waals surface area contributed by atoms with Crippen LogP contribution in [0.25, 0.3) is 11.3 Å². The van der Waals surface area contributed by atoms with Crippen molar-refractivity contribution in [3.8, 4) is 17.0 Å². The lowest BCUT2D eigenvalue weighted by molar-refractivity contribution is -0.117. The second-order valence-corrected chi connectivity index (χ2v) is 8.38. The minimum atomic E-state index is -3.65. The van der Waals surface area contributed by atoms with Gasteiger partial charge in [0.15, 0.2) is 0 Å². The molecule has 0 bridgehead atoms. The maximum atomic E-state index is 12.1. The lowest BCUT2D eigenvalue weighted by atomic mass is 10.1. The smallest absolute Gasteiger partial charge is 0.234 e. The summed E-state index contributed by atoms with van der Waals surface area (Å²) >= 11 is 0. The monoisotopic (exact) mass is 370 g/mol. The molecule has 1 fully saturated rings. The number of methoxy groups -OCH3 is 1. The van der Waals surface area contributed by atoms with E-state index in [1.165, 1.54) is 4.90 Å². The van der Waals surface area contributed by atoms with Gasteiger partial charge in [0.25, 0.3) is 0 Å². The van der Waals surface area contributed by atoms with Gasteiger partial charge in [0, 0.05) is 41.2 Å². The Kier molecular flexibility index (Phi) is 4.51. The van der Waals surface area contributed by atoms with Crippen LogP contribution in [-0.2, 0) is 13.8 Å². The summed E-state index contributed by atoms with van der Waals surface area (Å²) in [5, 5.41) is 3.97. The third kappa shape index (κ3) is 3.70. The van der Waals surface area contributed by atoms with E-state index in [0.717, 1.165) is 5.56 Å². The van der Waals surface area contributed by atoms with Crippen molar-refractivity contribution in [3.05, 3.63) is 30.3 Å². The van der Waals surface area contributed by atoms with Crippen molar-refractivity contribution < 1.29 is 22.5 Å². The zero-order chi connectivity index (χ0) is 17.3. The average Bonchev–Trinajstić information content (AvgIpc) is 3.12. The first-order valence-electron chi connectivity index (χ1n) is 7.19. The second-order valence-electron chi connectivity index (χ2n) is 5.56. The molecule has 1 aliphatic rings. The Labute approximate surface area is 143 Å². The minimum Gasteiger partial charge on any atom is -0.497 e. The summed E-state index contributed by atoms with van der Waals surface area (Å²) in [6.45, 7) is 0.234. The van der Waals surface area contributed by atoms with Gasteiger partial charge in [-0.3, -0.25) is 9.69 Å². The fraction of sp³-hybridized carbons (Fsp3) is 0.333. The summed E-state index contributed by atoms with van der Waals surface area (Å²) in [5.74, 6) is 0.154. The van der Waals surface area contributed by atoms with Gasteiger partial charge < -0.3 is 9.26 Å². The molecule has 1 aliphatic heterocycles. The van der Waals surface area contributed by atoms with Gasteiger partial charge in [-0.25, -0.2) is 8.42 Å². The highest BCUT2D eigenvalue weighted by Crippen LogP contribution is 2.31. The van der Waals surface area contributed by atoms with Gasteiger partial charge in [0.05, 0.1) is 12.9 Å². The first-order valence-corrected chi connectivity index (χ1v) is 9.67. The van der Waals surface area contributed by atoms with Gasteiger partial charge in [-0.1, -0.05) is 17.3 Å². The Morgan fingerprint density at radius 2 is 2.21 bits per heavy atom. The molecule has 9 heteroatoms. The highest BCUT2D eigenvalue weighted by Gasteiger charge is 2.35. The van der Waals surface area contributed by atoms with Gasteiger partial charge in [0.1, 0.15) is 11.4 Å². The molecular formula is C15H15ClN2O5S. The highest BCUT2D eigenvalue weighted by molar-refractivity contribution is 8.13. The molecule has 0 aliphatic carbocycles. The van der Waals surface area contributed by atoms with E-state index in [2.05, 4.69) is 5.16 Å². The van der Waals surface area contributed by atoms with E-state index in [-0.39, 0.29) is 36.4 Å². The average molecular weight is 371 g/mol. The number of aromatic nitrogens is 1. The van der Waals surface area contributed by atoms with Crippen LogP contribution in [0.2, 0.25) is 0 Å². The van der Waals surface area contributed by atoms with Crippen LogP contribution in [-0.4, -0.2) is 38.9 Å². The predicted octanol–water partition coefficient (Wildman–Crippen LogP) is 2.27. The molecule has 1 atom stereocenters. The molecule has 1 saturated heterocycles. The van der Waals surface area contributed by atoms with Crippen LogP contribution < -0.4 is 9.64 Å². The van der Waals surface area contributed by atoms with Crippen molar-refractivity contribution in [2.24, 2.45) is 5.92 Å². The maximum absolute atomic E-state index is 12.1. The third-order valence-electron chi connectivity index (χ3n) is 3.77. The van der Waals surface area contributed by atoms with Crippen LogP contribution in [0.15, 0.2) is 34.9 Å². The normalized spacial score (nSPS) is 18.2. The number of rotatable bonds is 5. The number of carbonyl (C=O) groups is 1. The molecule has 2 heterocycles. The fourth-order valence-electron chi connectivity index (χ4n) is 2.70. The Hall–Kier alpha value is -2.06. The molecule has 1 amide bonds. The number of carbonyl (C=O) groups excluding carboxylic acids is 1. The second kappa shape index (κ2) is 6.45. The van der Waals surface area contributed by atoms with E-state index in [1.807, 2.05) is 18.2 Å². The van der Waals surface area contributed by atoms with Crippen LogP contribution in [0.4, 0.5) is 5.88 Å². The first kappa shape index (κ1) is 16.8. The summed E-state index contributed by atoms with van der Waals surface area (Å²) in [4.78, 5) is 13.5. The van der Waals surface area contributed by atoms with Crippen LogP contribution in [0.1, 0.15) is 6.42 Å². The van der Waals surface area contributed by atoms with Crippen molar-refractivity contribution in [2.45, 2.75) is 6.42 Å². The molecule has 0 radical (unpaired) electrons. The molecule has 3 rings (SSSR count). The molecule has 1 aromatic carbocycles. The van der Waals surface area contributed by atoms with Crippen molar-refractivity contribution >= 4 is 31.5 Å². The van der Waals surface area contributed by atoms with Crippen LogP contribution in [0.5, 0.6) is 5.75 Å². The van der Waals surface area contributed by atoms with Crippen LogP contribution in [0, 0.1) is 5.92 Å². The van der Waals surface area contributed by atoms with Gasteiger partial charge in [-0.2, -0.15) is 0 Å². The van der Waals surface area contributed by atoms with E-state index in [0.29, 0.717) is 11.4 Å². The molecule has 0 N–H and O–H groups in total. The molecule has 7 nitrogen and oxygen atoms in total. The van der Waals surface area contributed by atoms with Crippen LogP contribution >= 0.6 is 10.7 Å².